The lowest BCUT2D eigenvalue weighted by atomic mass is 9.84. The highest BCUT2D eigenvalue weighted by atomic mass is 14.7. The first kappa shape index (κ1) is 25.2. The number of fused-ring (bicyclic) bond motifs is 6. The van der Waals surface area contributed by atoms with E-state index in [0.29, 0.717) is 0 Å². The number of aryl methyl sites for hydroxylation is 4. The van der Waals surface area contributed by atoms with Crippen LogP contribution in [0, 0.1) is 27.7 Å². The van der Waals surface area contributed by atoms with Crippen molar-refractivity contribution in [3.8, 4) is 22.3 Å². The van der Waals surface area contributed by atoms with E-state index < -0.39 is 0 Å². The van der Waals surface area contributed by atoms with Crippen molar-refractivity contribution in [3.63, 3.8) is 0 Å². The maximum atomic E-state index is 3.70. The fourth-order valence-corrected chi connectivity index (χ4v) is 7.45. The first-order valence-electron chi connectivity index (χ1n) is 15.4. The fourth-order valence-electron chi connectivity index (χ4n) is 7.45. The zero-order valence-electron chi connectivity index (χ0n) is 25.4. The smallest absolute Gasteiger partial charge is 0.0465 e. The predicted octanol–water partition coefficient (Wildman–Crippen LogP) is 11.8. The summed E-state index contributed by atoms with van der Waals surface area (Å²) in [6.45, 7) is 8.82. The van der Waals surface area contributed by atoms with Crippen LogP contribution in [0.4, 0.5) is 0 Å². The Balaban J connectivity index is 1.53. The number of H-pyrrole nitrogens is 2. The molecule has 0 radical (unpaired) electrons. The molecule has 210 valence electrons. The summed E-state index contributed by atoms with van der Waals surface area (Å²) in [5.41, 5.74) is 12.5. The highest BCUT2D eigenvalue weighted by Gasteiger charge is 2.21. The van der Waals surface area contributed by atoms with E-state index in [1.165, 1.54) is 110 Å². The highest BCUT2D eigenvalue weighted by Crippen LogP contribution is 2.47. The highest BCUT2D eigenvalue weighted by molar-refractivity contribution is 6.26. The molecule has 0 aliphatic heterocycles. The molecule has 0 saturated heterocycles. The lowest BCUT2D eigenvalue weighted by Crippen LogP contribution is -1.92. The Morgan fingerprint density at radius 2 is 0.750 bits per heavy atom. The van der Waals surface area contributed by atoms with E-state index >= 15 is 0 Å². The number of rotatable bonds is 2. The van der Waals surface area contributed by atoms with Crippen molar-refractivity contribution < 1.29 is 0 Å². The van der Waals surface area contributed by atoms with Crippen molar-refractivity contribution in [2.24, 2.45) is 0 Å². The molecule has 0 unspecified atom stereocenters. The summed E-state index contributed by atoms with van der Waals surface area (Å²) in [6, 6.07) is 40.9. The molecule has 0 saturated carbocycles. The zero-order chi connectivity index (χ0) is 29.7. The van der Waals surface area contributed by atoms with Gasteiger partial charge in [0.15, 0.2) is 0 Å². The third-order valence-corrected chi connectivity index (χ3v) is 10.0. The third kappa shape index (κ3) is 3.55. The molecule has 9 rings (SSSR count). The van der Waals surface area contributed by atoms with Crippen LogP contribution in [0.25, 0.3) is 87.1 Å². The van der Waals surface area contributed by atoms with Gasteiger partial charge in [-0.2, -0.15) is 0 Å². The zero-order valence-corrected chi connectivity index (χ0v) is 25.4. The van der Waals surface area contributed by atoms with Crippen molar-refractivity contribution in [1.29, 1.82) is 0 Å². The minimum absolute atomic E-state index is 1.19. The summed E-state index contributed by atoms with van der Waals surface area (Å²) in [7, 11) is 0. The van der Waals surface area contributed by atoms with Crippen LogP contribution in [0.5, 0.6) is 0 Å². The summed E-state index contributed by atoms with van der Waals surface area (Å²) >= 11 is 0. The number of benzene rings is 7. The monoisotopic (exact) mass is 564 g/mol. The molecule has 2 N–H and O–H groups in total. The topological polar surface area (TPSA) is 31.6 Å². The van der Waals surface area contributed by atoms with E-state index in [-0.39, 0.29) is 0 Å². The number of hydrogen-bond donors (Lipinski definition) is 2. The third-order valence-electron chi connectivity index (χ3n) is 10.0. The summed E-state index contributed by atoms with van der Waals surface area (Å²) in [6.07, 6.45) is 0. The maximum Gasteiger partial charge on any atom is 0.0465 e. The van der Waals surface area contributed by atoms with Crippen LogP contribution >= 0.6 is 0 Å². The van der Waals surface area contributed by atoms with E-state index in [1.807, 2.05) is 0 Å². The average molecular weight is 565 g/mol. The minimum Gasteiger partial charge on any atom is -0.358 e. The molecule has 0 aliphatic carbocycles. The molecule has 2 heteroatoms. The summed E-state index contributed by atoms with van der Waals surface area (Å²) in [4.78, 5) is 7.39. The number of aromatic nitrogens is 2. The Kier molecular flexibility index (Phi) is 5.20. The normalized spacial score (nSPS) is 12.1. The molecule has 0 atom stereocenters. The van der Waals surface area contributed by atoms with Crippen molar-refractivity contribution >= 4 is 64.9 Å². The molecule has 0 aliphatic rings. The Labute approximate surface area is 256 Å². The Bertz CT molecular complexity index is 2460. The van der Waals surface area contributed by atoms with Crippen LogP contribution in [0.2, 0.25) is 0 Å². The van der Waals surface area contributed by atoms with Gasteiger partial charge in [-0.1, -0.05) is 72.8 Å². The molecule has 2 heterocycles. The van der Waals surface area contributed by atoms with Gasteiger partial charge in [0, 0.05) is 33.2 Å². The van der Waals surface area contributed by atoms with Crippen molar-refractivity contribution in [2.75, 3.05) is 0 Å². The van der Waals surface area contributed by atoms with E-state index in [2.05, 4.69) is 147 Å². The van der Waals surface area contributed by atoms with E-state index in [9.17, 15) is 0 Å². The van der Waals surface area contributed by atoms with E-state index in [1.54, 1.807) is 0 Å². The number of hydrogen-bond acceptors (Lipinski definition) is 0. The van der Waals surface area contributed by atoms with Crippen LogP contribution < -0.4 is 0 Å². The van der Waals surface area contributed by atoms with Crippen LogP contribution in [0.3, 0.4) is 0 Å². The van der Waals surface area contributed by atoms with Gasteiger partial charge >= 0.3 is 0 Å². The second-order valence-corrected chi connectivity index (χ2v) is 12.5. The predicted molar refractivity (Wildman–Crippen MR) is 190 cm³/mol. The van der Waals surface area contributed by atoms with Gasteiger partial charge in [-0.15, -0.1) is 0 Å². The lowest BCUT2D eigenvalue weighted by molar-refractivity contribution is 1.25. The Hall–Kier alpha value is -5.34. The van der Waals surface area contributed by atoms with Gasteiger partial charge in [0.25, 0.3) is 0 Å². The number of aromatic amines is 2. The molecule has 9 aromatic rings. The van der Waals surface area contributed by atoms with Gasteiger partial charge in [0.2, 0.25) is 0 Å². The molecule has 44 heavy (non-hydrogen) atoms. The standard InChI is InChI=1S/C42H32N2/c1-23-25(3)43-39-21-37-35(19-33(23)39)41(31-15-13-27-9-5-7-11-29(27)17-31)38-22-40-34(24(2)26(4)44-40)20-36(38)42(37)32-16-14-28-10-6-8-12-30(28)18-32/h5-22,43-44H,1-4H3. The van der Waals surface area contributed by atoms with Gasteiger partial charge < -0.3 is 9.97 Å². The summed E-state index contributed by atoms with van der Waals surface area (Å²) in [5.74, 6) is 0. The van der Waals surface area contributed by atoms with Gasteiger partial charge in [0.1, 0.15) is 0 Å². The molecule has 0 bridgehead atoms. The van der Waals surface area contributed by atoms with E-state index in [0.717, 1.165) is 0 Å². The molecular weight excluding hydrogens is 532 g/mol. The quantitative estimate of drug-likeness (QED) is 0.196. The summed E-state index contributed by atoms with van der Waals surface area (Å²) in [5, 5.41) is 12.7. The van der Waals surface area contributed by atoms with Crippen LogP contribution in [0.15, 0.2) is 109 Å². The first-order valence-corrected chi connectivity index (χ1v) is 15.4. The first-order chi connectivity index (χ1) is 21.4. The van der Waals surface area contributed by atoms with Gasteiger partial charge in [-0.05, 0) is 141 Å². The molecule has 0 amide bonds. The minimum atomic E-state index is 1.19. The molecule has 2 aromatic heterocycles. The fraction of sp³-hybridized carbons (Fsp3) is 0.0952. The second-order valence-electron chi connectivity index (χ2n) is 12.5. The Morgan fingerprint density at radius 3 is 1.18 bits per heavy atom. The SMILES string of the molecule is Cc1[nH]c2cc3c(-c4ccc5ccccc5c4)c4cc5c(C)c(C)[nH]c5cc4c(-c4ccc5ccccc5c4)c3cc2c1C. The molecule has 7 aromatic carbocycles. The second kappa shape index (κ2) is 9.08. The lowest BCUT2D eigenvalue weighted by Gasteiger charge is -2.19. The summed E-state index contributed by atoms with van der Waals surface area (Å²) < 4.78 is 0. The molecule has 0 spiro atoms. The van der Waals surface area contributed by atoms with Crippen molar-refractivity contribution in [2.45, 2.75) is 27.7 Å². The Morgan fingerprint density at radius 1 is 0.364 bits per heavy atom. The van der Waals surface area contributed by atoms with Gasteiger partial charge in [-0.25, -0.2) is 0 Å². The molecule has 2 nitrogen and oxygen atoms in total. The van der Waals surface area contributed by atoms with Gasteiger partial charge in [-0.3, -0.25) is 0 Å². The average Bonchev–Trinajstić information content (AvgIpc) is 3.49. The van der Waals surface area contributed by atoms with Crippen LogP contribution in [-0.2, 0) is 0 Å². The molecule has 0 fully saturated rings. The van der Waals surface area contributed by atoms with Crippen LogP contribution in [-0.4, -0.2) is 9.97 Å². The molecular formula is C42H32N2. The number of nitrogens with one attached hydrogen (secondary N) is 2. The van der Waals surface area contributed by atoms with Crippen LogP contribution in [0.1, 0.15) is 22.5 Å². The van der Waals surface area contributed by atoms with Crippen molar-refractivity contribution in [1.82, 2.24) is 9.97 Å². The largest absolute Gasteiger partial charge is 0.358 e. The van der Waals surface area contributed by atoms with E-state index in [4.69, 9.17) is 0 Å². The van der Waals surface area contributed by atoms with Gasteiger partial charge in [0.05, 0.1) is 0 Å². The van der Waals surface area contributed by atoms with Crippen molar-refractivity contribution in [3.05, 3.63) is 132 Å². The maximum absolute atomic E-state index is 3.70.